The summed E-state index contributed by atoms with van der Waals surface area (Å²) < 4.78 is 77.0. The van der Waals surface area contributed by atoms with E-state index >= 15 is 0 Å². The van der Waals surface area contributed by atoms with Gasteiger partial charge in [0.05, 0.1) is 11.1 Å². The Hall–Kier alpha value is -2.50. The first-order chi connectivity index (χ1) is 11.5. The molecule has 0 atom stereocenters. The zero-order chi connectivity index (χ0) is 18.8. The van der Waals surface area contributed by atoms with Crippen molar-refractivity contribution in [2.45, 2.75) is 19.3 Å². The SMILES string of the molecule is C=Cc1cc(/C=C/c2cc(C(F)(F)F)cc(C(F)(F)F)c2)ccc1C. The van der Waals surface area contributed by atoms with Gasteiger partial charge in [-0.1, -0.05) is 36.9 Å². The van der Waals surface area contributed by atoms with E-state index in [9.17, 15) is 26.3 Å². The van der Waals surface area contributed by atoms with Crippen LogP contribution < -0.4 is 0 Å². The molecule has 0 amide bonds. The van der Waals surface area contributed by atoms with E-state index in [4.69, 9.17) is 0 Å². The minimum Gasteiger partial charge on any atom is -0.166 e. The van der Waals surface area contributed by atoms with Crippen LogP contribution in [0.1, 0.15) is 33.4 Å². The molecular weight excluding hydrogens is 342 g/mol. The van der Waals surface area contributed by atoms with Crippen molar-refractivity contribution in [3.63, 3.8) is 0 Å². The number of hydrogen-bond acceptors (Lipinski definition) is 0. The molecule has 0 unspecified atom stereocenters. The van der Waals surface area contributed by atoms with Crippen molar-refractivity contribution in [1.82, 2.24) is 0 Å². The Morgan fingerprint density at radius 3 is 1.76 bits per heavy atom. The van der Waals surface area contributed by atoms with Crippen molar-refractivity contribution in [3.05, 3.63) is 76.4 Å². The summed E-state index contributed by atoms with van der Waals surface area (Å²) in [6.07, 6.45) is -5.41. The van der Waals surface area contributed by atoms with E-state index in [0.29, 0.717) is 17.7 Å². The third-order valence-corrected chi connectivity index (χ3v) is 3.60. The fraction of sp³-hybridized carbons (Fsp3) is 0.158. The number of aryl methyl sites for hydroxylation is 1. The van der Waals surface area contributed by atoms with Gasteiger partial charge >= 0.3 is 12.4 Å². The summed E-state index contributed by atoms with van der Waals surface area (Å²) in [4.78, 5) is 0. The van der Waals surface area contributed by atoms with Crippen molar-refractivity contribution in [2.75, 3.05) is 0 Å². The Kier molecular flexibility index (Phi) is 5.11. The zero-order valence-corrected chi connectivity index (χ0v) is 13.2. The molecule has 0 aliphatic heterocycles. The van der Waals surface area contributed by atoms with E-state index in [1.54, 1.807) is 24.3 Å². The molecule has 2 rings (SSSR count). The lowest BCUT2D eigenvalue weighted by Gasteiger charge is -2.13. The predicted octanol–water partition coefficient (Wildman–Crippen LogP) is 6.85. The van der Waals surface area contributed by atoms with Gasteiger partial charge in [-0.3, -0.25) is 0 Å². The molecule has 0 saturated carbocycles. The maximum atomic E-state index is 12.8. The zero-order valence-electron chi connectivity index (χ0n) is 13.2. The van der Waals surface area contributed by atoms with Gasteiger partial charge in [0.15, 0.2) is 0 Å². The molecule has 0 spiro atoms. The minimum atomic E-state index is -4.86. The van der Waals surface area contributed by atoms with Crippen LogP contribution in [0.25, 0.3) is 18.2 Å². The first-order valence-corrected chi connectivity index (χ1v) is 7.21. The number of alkyl halides is 6. The lowest BCUT2D eigenvalue weighted by Crippen LogP contribution is -2.11. The van der Waals surface area contributed by atoms with Crippen LogP contribution in [0.2, 0.25) is 0 Å². The van der Waals surface area contributed by atoms with Crippen molar-refractivity contribution >= 4 is 18.2 Å². The van der Waals surface area contributed by atoms with Crippen LogP contribution in [0.4, 0.5) is 26.3 Å². The maximum absolute atomic E-state index is 12.8. The van der Waals surface area contributed by atoms with Gasteiger partial charge in [-0.2, -0.15) is 26.3 Å². The first-order valence-electron chi connectivity index (χ1n) is 7.21. The Labute approximate surface area is 141 Å². The van der Waals surface area contributed by atoms with Crippen LogP contribution in [0.3, 0.4) is 0 Å². The number of hydrogen-bond donors (Lipinski definition) is 0. The second kappa shape index (κ2) is 6.78. The largest absolute Gasteiger partial charge is 0.416 e. The molecule has 0 aromatic heterocycles. The molecule has 0 radical (unpaired) electrons. The molecule has 25 heavy (non-hydrogen) atoms. The summed E-state index contributed by atoms with van der Waals surface area (Å²) in [6.45, 7) is 5.52. The van der Waals surface area contributed by atoms with E-state index in [2.05, 4.69) is 6.58 Å². The minimum absolute atomic E-state index is 0.110. The second-order valence-corrected chi connectivity index (χ2v) is 5.49. The molecular formula is C19H14F6. The van der Waals surface area contributed by atoms with Gasteiger partial charge in [-0.15, -0.1) is 0 Å². The summed E-state index contributed by atoms with van der Waals surface area (Å²) >= 11 is 0. The quantitative estimate of drug-likeness (QED) is 0.417. The van der Waals surface area contributed by atoms with Crippen LogP contribution in [0.5, 0.6) is 0 Å². The van der Waals surface area contributed by atoms with Crippen LogP contribution in [-0.2, 0) is 12.4 Å². The number of rotatable bonds is 3. The molecule has 0 heterocycles. The average Bonchev–Trinajstić information content (AvgIpc) is 2.52. The molecule has 0 nitrogen and oxygen atoms in total. The van der Waals surface area contributed by atoms with Crippen LogP contribution in [0.15, 0.2) is 43.0 Å². The van der Waals surface area contributed by atoms with Gasteiger partial charge in [0.2, 0.25) is 0 Å². The molecule has 2 aromatic carbocycles. The molecule has 0 aliphatic carbocycles. The van der Waals surface area contributed by atoms with E-state index in [1.165, 1.54) is 12.2 Å². The third kappa shape index (κ3) is 4.75. The molecule has 2 aromatic rings. The fourth-order valence-electron chi connectivity index (χ4n) is 2.25. The van der Waals surface area contributed by atoms with Crippen LogP contribution in [-0.4, -0.2) is 0 Å². The van der Waals surface area contributed by atoms with Gasteiger partial charge in [0.1, 0.15) is 0 Å². The van der Waals surface area contributed by atoms with Gasteiger partial charge in [-0.25, -0.2) is 0 Å². The lowest BCUT2D eigenvalue weighted by molar-refractivity contribution is -0.143. The average molecular weight is 356 g/mol. The summed E-state index contributed by atoms with van der Waals surface area (Å²) in [7, 11) is 0. The lowest BCUT2D eigenvalue weighted by atomic mass is 10.0. The van der Waals surface area contributed by atoms with Gasteiger partial charge in [-0.05, 0) is 53.4 Å². The van der Waals surface area contributed by atoms with Crippen LogP contribution >= 0.6 is 0 Å². The molecule has 0 fully saturated rings. The number of halogens is 6. The normalized spacial score (nSPS) is 12.6. The Balaban J connectivity index is 2.46. The highest BCUT2D eigenvalue weighted by Gasteiger charge is 2.36. The molecule has 0 bridgehead atoms. The van der Waals surface area contributed by atoms with Crippen molar-refractivity contribution in [1.29, 1.82) is 0 Å². The van der Waals surface area contributed by atoms with E-state index < -0.39 is 23.5 Å². The Morgan fingerprint density at radius 1 is 0.760 bits per heavy atom. The summed E-state index contributed by atoms with van der Waals surface area (Å²) in [5.41, 5.74) is -0.405. The molecule has 6 heteroatoms. The highest BCUT2D eigenvalue weighted by Crippen LogP contribution is 2.36. The molecule has 0 aliphatic rings. The van der Waals surface area contributed by atoms with Crippen molar-refractivity contribution < 1.29 is 26.3 Å². The van der Waals surface area contributed by atoms with E-state index in [0.717, 1.165) is 11.1 Å². The van der Waals surface area contributed by atoms with Crippen LogP contribution in [0, 0.1) is 6.92 Å². The summed E-state index contributed by atoms with van der Waals surface area (Å²) in [5, 5.41) is 0. The van der Waals surface area contributed by atoms with Crippen molar-refractivity contribution in [2.24, 2.45) is 0 Å². The third-order valence-electron chi connectivity index (χ3n) is 3.60. The van der Waals surface area contributed by atoms with E-state index in [-0.39, 0.29) is 11.6 Å². The molecule has 132 valence electrons. The van der Waals surface area contributed by atoms with Gasteiger partial charge < -0.3 is 0 Å². The maximum Gasteiger partial charge on any atom is 0.416 e. The van der Waals surface area contributed by atoms with Gasteiger partial charge in [0.25, 0.3) is 0 Å². The Bertz CT molecular complexity index is 777. The summed E-state index contributed by atoms with van der Waals surface area (Å²) in [6, 6.07) is 6.75. The topological polar surface area (TPSA) is 0 Å². The van der Waals surface area contributed by atoms with E-state index in [1.807, 2.05) is 6.92 Å². The van der Waals surface area contributed by atoms with Gasteiger partial charge in [0, 0.05) is 0 Å². The second-order valence-electron chi connectivity index (χ2n) is 5.49. The highest BCUT2D eigenvalue weighted by atomic mass is 19.4. The monoisotopic (exact) mass is 356 g/mol. The Morgan fingerprint density at radius 2 is 1.28 bits per heavy atom. The van der Waals surface area contributed by atoms with Crippen molar-refractivity contribution in [3.8, 4) is 0 Å². The fourth-order valence-corrected chi connectivity index (χ4v) is 2.25. The summed E-state index contributed by atoms with van der Waals surface area (Å²) in [5.74, 6) is 0. The predicted molar refractivity (Wildman–Crippen MR) is 86.6 cm³/mol. The number of benzene rings is 2. The highest BCUT2D eigenvalue weighted by molar-refractivity contribution is 5.72. The molecule has 0 saturated heterocycles. The first kappa shape index (κ1) is 18.8. The smallest absolute Gasteiger partial charge is 0.166 e. The molecule has 0 N–H and O–H groups in total. The standard InChI is InChI=1S/C19H14F6/c1-3-15-8-13(5-4-12(15)2)6-7-14-9-16(18(20,21)22)11-17(10-14)19(23,24)25/h3-11H,1H2,2H3/b7-6+.